The number of fused-ring (bicyclic) bond motifs is 1. The Hall–Kier alpha value is -2.22. The molecule has 0 aliphatic carbocycles. The molecule has 0 saturated heterocycles. The van der Waals surface area contributed by atoms with Gasteiger partial charge in [-0.1, -0.05) is 13.8 Å². The summed E-state index contributed by atoms with van der Waals surface area (Å²) in [6, 6.07) is 0. The Balaban J connectivity index is 1.76. The van der Waals surface area contributed by atoms with Gasteiger partial charge in [0.15, 0.2) is 5.82 Å². The molecule has 0 spiro atoms. The molecule has 1 aliphatic rings. The van der Waals surface area contributed by atoms with E-state index in [4.69, 9.17) is 4.74 Å². The van der Waals surface area contributed by atoms with E-state index in [2.05, 4.69) is 20.5 Å². The highest BCUT2D eigenvalue weighted by Gasteiger charge is 2.42. The maximum atomic E-state index is 12.8. The number of amides is 1. The highest BCUT2D eigenvalue weighted by atomic mass is 16.5. The summed E-state index contributed by atoms with van der Waals surface area (Å²) in [5.74, 6) is 1.62. The molecule has 1 atom stereocenters. The van der Waals surface area contributed by atoms with Crippen molar-refractivity contribution in [1.82, 2.24) is 29.6 Å². The van der Waals surface area contributed by atoms with Crippen LogP contribution in [0.4, 0.5) is 0 Å². The van der Waals surface area contributed by atoms with E-state index < -0.39 is 5.54 Å². The molecule has 3 rings (SSSR count). The lowest BCUT2D eigenvalue weighted by Gasteiger charge is -2.35. The summed E-state index contributed by atoms with van der Waals surface area (Å²) >= 11 is 0. The summed E-state index contributed by atoms with van der Waals surface area (Å²) < 4.78 is 9.44. The fraction of sp³-hybridized carbons (Fsp3) is 0.600. The number of nitrogens with one attached hydrogen (secondary N) is 1. The van der Waals surface area contributed by atoms with Crippen LogP contribution in [0, 0.1) is 0 Å². The predicted octanol–water partition coefficient (Wildman–Crippen LogP) is 0.660. The zero-order valence-electron chi connectivity index (χ0n) is 13.7. The highest BCUT2D eigenvalue weighted by Crippen LogP contribution is 2.29. The van der Waals surface area contributed by atoms with Crippen molar-refractivity contribution in [1.29, 1.82) is 0 Å². The van der Waals surface area contributed by atoms with E-state index in [1.54, 1.807) is 12.5 Å². The molecular formula is C15H22N6O2. The number of hydrogen-bond donors (Lipinski definition) is 1. The lowest BCUT2D eigenvalue weighted by molar-refractivity contribution is -0.135. The minimum atomic E-state index is -0.828. The molecule has 2 aromatic heterocycles. The van der Waals surface area contributed by atoms with Crippen LogP contribution in [-0.2, 0) is 28.2 Å². The largest absolute Gasteiger partial charge is 0.370 e. The SMILES string of the molecule is CC(C)c1nnc2n1C(C)(C(=O)NCCn1ccnc1)COC2. The van der Waals surface area contributed by atoms with Gasteiger partial charge in [-0.05, 0) is 6.92 Å². The van der Waals surface area contributed by atoms with Gasteiger partial charge in [0.2, 0.25) is 5.91 Å². The van der Waals surface area contributed by atoms with Crippen LogP contribution in [0.5, 0.6) is 0 Å². The maximum Gasteiger partial charge on any atom is 0.248 e. The van der Waals surface area contributed by atoms with E-state index in [0.29, 0.717) is 32.1 Å². The fourth-order valence-electron chi connectivity index (χ4n) is 2.82. The fourth-order valence-corrected chi connectivity index (χ4v) is 2.82. The molecule has 23 heavy (non-hydrogen) atoms. The van der Waals surface area contributed by atoms with Crippen LogP contribution in [-0.4, -0.2) is 43.4 Å². The first-order valence-electron chi connectivity index (χ1n) is 7.79. The minimum absolute atomic E-state index is 0.0831. The predicted molar refractivity (Wildman–Crippen MR) is 82.7 cm³/mol. The van der Waals surface area contributed by atoms with Gasteiger partial charge >= 0.3 is 0 Å². The number of imidazole rings is 1. The number of ether oxygens (including phenoxy) is 1. The van der Waals surface area contributed by atoms with Gasteiger partial charge in [-0.3, -0.25) is 9.36 Å². The van der Waals surface area contributed by atoms with E-state index in [-0.39, 0.29) is 11.8 Å². The first-order chi connectivity index (χ1) is 11.0. The molecular weight excluding hydrogens is 296 g/mol. The summed E-state index contributed by atoms with van der Waals surface area (Å²) in [6.07, 6.45) is 5.31. The Labute approximate surface area is 134 Å². The summed E-state index contributed by atoms with van der Waals surface area (Å²) in [7, 11) is 0. The summed E-state index contributed by atoms with van der Waals surface area (Å²) in [6.45, 7) is 7.87. The van der Waals surface area contributed by atoms with Crippen LogP contribution in [0.2, 0.25) is 0 Å². The molecule has 0 fully saturated rings. The van der Waals surface area contributed by atoms with Gasteiger partial charge in [-0.2, -0.15) is 0 Å². The van der Waals surface area contributed by atoms with Gasteiger partial charge in [0.1, 0.15) is 18.0 Å². The van der Waals surface area contributed by atoms with Crippen LogP contribution in [0.1, 0.15) is 38.3 Å². The zero-order chi connectivity index (χ0) is 16.4. The van der Waals surface area contributed by atoms with Crippen LogP contribution >= 0.6 is 0 Å². The molecule has 0 saturated carbocycles. The van der Waals surface area contributed by atoms with E-state index in [1.165, 1.54) is 0 Å². The topological polar surface area (TPSA) is 86.9 Å². The first-order valence-corrected chi connectivity index (χ1v) is 7.79. The van der Waals surface area contributed by atoms with Gasteiger partial charge < -0.3 is 14.6 Å². The molecule has 1 aliphatic heterocycles. The second-order valence-corrected chi connectivity index (χ2v) is 6.29. The van der Waals surface area contributed by atoms with Crippen LogP contribution < -0.4 is 5.32 Å². The summed E-state index contributed by atoms with van der Waals surface area (Å²) in [5.41, 5.74) is -0.828. The number of carbonyl (C=O) groups is 1. The average Bonchev–Trinajstić information content (AvgIpc) is 3.16. The third-order valence-electron chi connectivity index (χ3n) is 4.08. The Morgan fingerprint density at radius 2 is 2.30 bits per heavy atom. The van der Waals surface area contributed by atoms with E-state index in [1.807, 2.05) is 36.1 Å². The lowest BCUT2D eigenvalue weighted by atomic mass is 9.99. The van der Waals surface area contributed by atoms with Crippen molar-refractivity contribution in [3.63, 3.8) is 0 Å². The Morgan fingerprint density at radius 1 is 1.48 bits per heavy atom. The average molecular weight is 318 g/mol. The number of hydrogen-bond acceptors (Lipinski definition) is 5. The van der Waals surface area contributed by atoms with E-state index in [9.17, 15) is 4.79 Å². The monoisotopic (exact) mass is 318 g/mol. The molecule has 3 heterocycles. The number of aromatic nitrogens is 5. The molecule has 1 N–H and O–H groups in total. The normalized spacial score (nSPS) is 20.5. The van der Waals surface area contributed by atoms with Crippen LogP contribution in [0.25, 0.3) is 0 Å². The number of rotatable bonds is 5. The van der Waals surface area contributed by atoms with Gasteiger partial charge in [0, 0.05) is 31.4 Å². The van der Waals surface area contributed by atoms with Crippen molar-refractivity contribution in [2.24, 2.45) is 0 Å². The van der Waals surface area contributed by atoms with Crippen molar-refractivity contribution < 1.29 is 9.53 Å². The van der Waals surface area contributed by atoms with Crippen LogP contribution in [0.15, 0.2) is 18.7 Å². The van der Waals surface area contributed by atoms with Crippen LogP contribution in [0.3, 0.4) is 0 Å². The first kappa shape index (κ1) is 15.7. The van der Waals surface area contributed by atoms with Crippen molar-refractivity contribution in [2.45, 2.75) is 45.4 Å². The zero-order valence-corrected chi connectivity index (χ0v) is 13.7. The number of nitrogens with zero attached hydrogens (tertiary/aromatic N) is 5. The molecule has 1 amide bonds. The highest BCUT2D eigenvalue weighted by molar-refractivity contribution is 5.84. The smallest absolute Gasteiger partial charge is 0.248 e. The van der Waals surface area contributed by atoms with Crippen molar-refractivity contribution in [3.05, 3.63) is 30.4 Å². The maximum absolute atomic E-state index is 12.8. The molecule has 0 aromatic carbocycles. The molecule has 0 bridgehead atoms. The van der Waals surface area contributed by atoms with Crippen molar-refractivity contribution in [2.75, 3.05) is 13.2 Å². The third-order valence-corrected chi connectivity index (χ3v) is 4.08. The van der Waals surface area contributed by atoms with E-state index in [0.717, 1.165) is 5.82 Å². The Bertz CT molecular complexity index is 678. The second kappa shape index (κ2) is 6.11. The Morgan fingerprint density at radius 3 is 3.00 bits per heavy atom. The number of carbonyl (C=O) groups excluding carboxylic acids is 1. The third kappa shape index (κ3) is 2.86. The molecule has 0 radical (unpaired) electrons. The quantitative estimate of drug-likeness (QED) is 0.875. The lowest BCUT2D eigenvalue weighted by Crippen LogP contribution is -2.53. The van der Waals surface area contributed by atoms with Gasteiger partial charge in [-0.25, -0.2) is 4.98 Å². The molecule has 8 nitrogen and oxygen atoms in total. The molecule has 124 valence electrons. The van der Waals surface area contributed by atoms with Gasteiger partial charge in [0.05, 0.1) is 12.9 Å². The van der Waals surface area contributed by atoms with Crippen molar-refractivity contribution in [3.8, 4) is 0 Å². The molecule has 1 unspecified atom stereocenters. The van der Waals surface area contributed by atoms with Gasteiger partial charge in [0.25, 0.3) is 0 Å². The second-order valence-electron chi connectivity index (χ2n) is 6.29. The standard InChI is InChI=1S/C15H22N6O2/c1-11(2)13-19-18-12-8-23-9-15(3,21(12)13)14(22)17-5-7-20-6-4-16-10-20/h4,6,10-11H,5,7-9H2,1-3H3,(H,17,22). The minimum Gasteiger partial charge on any atom is -0.370 e. The summed E-state index contributed by atoms with van der Waals surface area (Å²) in [4.78, 5) is 16.8. The van der Waals surface area contributed by atoms with Crippen molar-refractivity contribution >= 4 is 5.91 Å². The molecule has 8 heteroatoms. The van der Waals surface area contributed by atoms with Gasteiger partial charge in [-0.15, -0.1) is 10.2 Å². The summed E-state index contributed by atoms with van der Waals surface area (Å²) in [5, 5.41) is 11.4. The molecule has 2 aromatic rings. The van der Waals surface area contributed by atoms with E-state index >= 15 is 0 Å². The Kier molecular flexibility index (Phi) is 4.16.